The Labute approximate surface area is 119 Å². The Morgan fingerprint density at radius 3 is 2.85 bits per heavy atom. The molecule has 1 aromatic rings. The fourth-order valence-corrected chi connectivity index (χ4v) is 1.94. The Kier molecular flexibility index (Phi) is 6.99. The molecule has 0 bridgehead atoms. The van der Waals surface area contributed by atoms with Crippen LogP contribution in [0.4, 0.5) is 4.39 Å². The van der Waals surface area contributed by atoms with E-state index in [9.17, 15) is 4.39 Å². The topological polar surface area (TPSA) is 71.1 Å². The zero-order valence-electron chi connectivity index (χ0n) is 12.1. The van der Waals surface area contributed by atoms with E-state index in [1.807, 2.05) is 19.9 Å². The summed E-state index contributed by atoms with van der Waals surface area (Å²) in [4.78, 5) is 0. The standard InChI is InChI=1S/C15H22FN3O/c1-3-19-10-13-12(9-18)14(16)6-7-15(13)20-11(2)5-4-8-17/h6-7,11,19H,3-5,8,10,17H2,1-2H3. The first kappa shape index (κ1) is 16.4. The Bertz CT molecular complexity index is 471. The fourth-order valence-electron chi connectivity index (χ4n) is 1.94. The lowest BCUT2D eigenvalue weighted by atomic mass is 10.1. The fraction of sp³-hybridized carbons (Fsp3) is 0.533. The van der Waals surface area contributed by atoms with Gasteiger partial charge in [-0.2, -0.15) is 5.26 Å². The van der Waals surface area contributed by atoms with Crippen LogP contribution in [-0.4, -0.2) is 19.2 Å². The highest BCUT2D eigenvalue weighted by Crippen LogP contribution is 2.26. The van der Waals surface area contributed by atoms with Crippen molar-refractivity contribution >= 4 is 0 Å². The predicted molar refractivity (Wildman–Crippen MR) is 76.9 cm³/mol. The molecule has 5 heteroatoms. The Morgan fingerprint density at radius 2 is 2.25 bits per heavy atom. The van der Waals surface area contributed by atoms with Crippen LogP contribution < -0.4 is 15.8 Å². The molecule has 0 heterocycles. The van der Waals surface area contributed by atoms with Gasteiger partial charge in [-0.3, -0.25) is 0 Å². The molecular formula is C15H22FN3O. The van der Waals surface area contributed by atoms with Crippen molar-refractivity contribution in [2.24, 2.45) is 5.73 Å². The van der Waals surface area contributed by atoms with Crippen LogP contribution in [-0.2, 0) is 6.54 Å². The molecule has 0 amide bonds. The van der Waals surface area contributed by atoms with E-state index in [1.165, 1.54) is 6.07 Å². The van der Waals surface area contributed by atoms with E-state index >= 15 is 0 Å². The zero-order chi connectivity index (χ0) is 15.0. The molecule has 1 atom stereocenters. The van der Waals surface area contributed by atoms with Gasteiger partial charge in [0.15, 0.2) is 0 Å². The molecule has 3 N–H and O–H groups in total. The lowest BCUT2D eigenvalue weighted by Gasteiger charge is -2.18. The maximum Gasteiger partial charge on any atom is 0.141 e. The lowest BCUT2D eigenvalue weighted by molar-refractivity contribution is 0.206. The molecule has 4 nitrogen and oxygen atoms in total. The summed E-state index contributed by atoms with van der Waals surface area (Å²) in [5.41, 5.74) is 6.10. The molecule has 0 saturated heterocycles. The molecule has 0 aliphatic heterocycles. The van der Waals surface area contributed by atoms with Crippen molar-refractivity contribution in [3.63, 3.8) is 0 Å². The molecule has 0 aliphatic carbocycles. The first-order chi connectivity index (χ1) is 9.63. The van der Waals surface area contributed by atoms with Crippen LogP contribution in [0.5, 0.6) is 5.75 Å². The van der Waals surface area contributed by atoms with Crippen molar-refractivity contribution in [2.45, 2.75) is 39.3 Å². The van der Waals surface area contributed by atoms with Crippen LogP contribution in [0.3, 0.4) is 0 Å². The summed E-state index contributed by atoms with van der Waals surface area (Å²) in [6.45, 7) is 5.67. The second-order valence-electron chi connectivity index (χ2n) is 4.65. The van der Waals surface area contributed by atoms with Crippen LogP contribution in [0.15, 0.2) is 12.1 Å². The summed E-state index contributed by atoms with van der Waals surface area (Å²) in [6, 6.07) is 4.78. The lowest BCUT2D eigenvalue weighted by Crippen LogP contribution is -2.18. The molecule has 1 unspecified atom stereocenters. The van der Waals surface area contributed by atoms with E-state index in [2.05, 4.69) is 5.32 Å². The highest BCUT2D eigenvalue weighted by Gasteiger charge is 2.16. The summed E-state index contributed by atoms with van der Waals surface area (Å²) in [6.07, 6.45) is 1.68. The summed E-state index contributed by atoms with van der Waals surface area (Å²) in [7, 11) is 0. The van der Waals surface area contributed by atoms with E-state index < -0.39 is 5.82 Å². The molecule has 1 aromatic carbocycles. The van der Waals surface area contributed by atoms with Gasteiger partial charge in [0.05, 0.1) is 11.7 Å². The predicted octanol–water partition coefficient (Wildman–Crippen LogP) is 2.31. The van der Waals surface area contributed by atoms with Gasteiger partial charge in [-0.25, -0.2) is 4.39 Å². The first-order valence-corrected chi connectivity index (χ1v) is 6.92. The van der Waals surface area contributed by atoms with Crippen molar-refractivity contribution in [3.8, 4) is 11.8 Å². The Morgan fingerprint density at radius 1 is 1.50 bits per heavy atom. The van der Waals surface area contributed by atoms with Gasteiger partial charge in [-0.15, -0.1) is 0 Å². The highest BCUT2D eigenvalue weighted by atomic mass is 19.1. The zero-order valence-corrected chi connectivity index (χ0v) is 12.1. The number of halogens is 1. The molecule has 1 rings (SSSR count). The highest BCUT2D eigenvalue weighted by molar-refractivity contribution is 5.47. The molecule has 20 heavy (non-hydrogen) atoms. The van der Waals surface area contributed by atoms with Gasteiger partial charge in [0.2, 0.25) is 0 Å². The maximum absolute atomic E-state index is 13.7. The van der Waals surface area contributed by atoms with E-state index in [1.54, 1.807) is 6.07 Å². The quantitative estimate of drug-likeness (QED) is 0.766. The summed E-state index contributed by atoms with van der Waals surface area (Å²) in [5, 5.41) is 12.2. The van der Waals surface area contributed by atoms with Gasteiger partial charge in [0, 0.05) is 12.1 Å². The number of nitrogens with two attached hydrogens (primary N) is 1. The third-order valence-electron chi connectivity index (χ3n) is 3.03. The minimum absolute atomic E-state index is 0.0177. The van der Waals surface area contributed by atoms with E-state index in [0.29, 0.717) is 24.4 Å². The molecule has 0 spiro atoms. The SMILES string of the molecule is CCNCc1c(OC(C)CCCN)ccc(F)c1C#N. The third kappa shape index (κ3) is 4.48. The smallest absolute Gasteiger partial charge is 0.141 e. The summed E-state index contributed by atoms with van der Waals surface area (Å²) in [5.74, 6) is 0.0517. The molecule has 0 fully saturated rings. The third-order valence-corrected chi connectivity index (χ3v) is 3.03. The number of benzene rings is 1. The molecular weight excluding hydrogens is 257 g/mol. The minimum atomic E-state index is -0.512. The molecule has 0 aromatic heterocycles. The normalized spacial score (nSPS) is 11.9. The van der Waals surface area contributed by atoms with E-state index in [-0.39, 0.29) is 11.7 Å². The number of hydrogen-bond acceptors (Lipinski definition) is 4. The van der Waals surface area contributed by atoms with Gasteiger partial charge < -0.3 is 15.8 Å². The molecule has 110 valence electrons. The van der Waals surface area contributed by atoms with Crippen molar-refractivity contribution < 1.29 is 9.13 Å². The number of nitrogens with zero attached hydrogens (tertiary/aromatic N) is 1. The van der Waals surface area contributed by atoms with Crippen molar-refractivity contribution in [1.29, 1.82) is 5.26 Å². The number of rotatable bonds is 8. The number of hydrogen-bond donors (Lipinski definition) is 2. The summed E-state index contributed by atoms with van der Waals surface area (Å²) >= 11 is 0. The van der Waals surface area contributed by atoms with Gasteiger partial charge in [-0.05, 0) is 45.0 Å². The van der Waals surface area contributed by atoms with Gasteiger partial charge >= 0.3 is 0 Å². The second-order valence-corrected chi connectivity index (χ2v) is 4.65. The Balaban J connectivity index is 2.96. The van der Waals surface area contributed by atoms with Crippen LogP contribution >= 0.6 is 0 Å². The van der Waals surface area contributed by atoms with E-state index in [0.717, 1.165) is 19.4 Å². The number of ether oxygens (including phenoxy) is 1. The van der Waals surface area contributed by atoms with Crippen molar-refractivity contribution in [3.05, 3.63) is 29.1 Å². The van der Waals surface area contributed by atoms with Crippen LogP contribution in [0, 0.1) is 17.1 Å². The second kappa shape index (κ2) is 8.51. The van der Waals surface area contributed by atoms with Gasteiger partial charge in [0.1, 0.15) is 17.6 Å². The van der Waals surface area contributed by atoms with Gasteiger partial charge in [0.25, 0.3) is 0 Å². The van der Waals surface area contributed by atoms with E-state index in [4.69, 9.17) is 15.7 Å². The molecule has 0 radical (unpaired) electrons. The largest absolute Gasteiger partial charge is 0.490 e. The van der Waals surface area contributed by atoms with Crippen molar-refractivity contribution in [2.75, 3.05) is 13.1 Å². The average molecular weight is 279 g/mol. The van der Waals surface area contributed by atoms with Crippen molar-refractivity contribution in [1.82, 2.24) is 5.32 Å². The van der Waals surface area contributed by atoms with Gasteiger partial charge in [-0.1, -0.05) is 6.92 Å². The van der Waals surface area contributed by atoms with Crippen LogP contribution in [0.25, 0.3) is 0 Å². The Hall–Kier alpha value is -1.64. The number of nitrogens with one attached hydrogen (secondary N) is 1. The molecule has 0 aliphatic rings. The van der Waals surface area contributed by atoms with Crippen LogP contribution in [0.2, 0.25) is 0 Å². The summed E-state index contributed by atoms with van der Waals surface area (Å²) < 4.78 is 19.5. The minimum Gasteiger partial charge on any atom is -0.490 e. The van der Waals surface area contributed by atoms with Crippen LogP contribution in [0.1, 0.15) is 37.8 Å². The maximum atomic E-state index is 13.7. The average Bonchev–Trinajstić information content (AvgIpc) is 2.45. The number of nitriles is 1. The monoisotopic (exact) mass is 279 g/mol. The first-order valence-electron chi connectivity index (χ1n) is 6.92. The molecule has 0 saturated carbocycles.